The van der Waals surface area contributed by atoms with Gasteiger partial charge in [-0.15, -0.1) is 0 Å². The van der Waals surface area contributed by atoms with Crippen molar-refractivity contribution in [2.24, 2.45) is 0 Å². The molecule has 4 heteroatoms. The molecule has 36 valence electrons. The maximum Gasteiger partial charge on any atom is 0.137 e. The summed E-state index contributed by atoms with van der Waals surface area (Å²) in [5, 5.41) is 20.4. The summed E-state index contributed by atoms with van der Waals surface area (Å²) in [5.74, 6) is 0. The second-order valence-corrected chi connectivity index (χ2v) is 2.16. The van der Waals surface area contributed by atoms with Gasteiger partial charge in [0.2, 0.25) is 0 Å². The topological polar surface area (TPSA) is 71.6 Å². The van der Waals surface area contributed by atoms with Crippen molar-refractivity contribution in [3.05, 3.63) is 14.7 Å². The minimum absolute atomic E-state index is 0.0741. The molecule has 0 radical (unpaired) electrons. The summed E-state index contributed by atoms with van der Waals surface area (Å²) in [6, 6.07) is 0. The molecular formula is C3H3N3S. The van der Waals surface area contributed by atoms with E-state index in [1.54, 1.807) is 0 Å². The lowest BCUT2D eigenvalue weighted by molar-refractivity contribution is 1.10. The van der Waals surface area contributed by atoms with Gasteiger partial charge in [-0.1, -0.05) is 11.3 Å². The zero-order valence-electron chi connectivity index (χ0n) is 3.41. The molecule has 3 N–H and O–H groups in total. The first kappa shape index (κ1) is 4.39. The fourth-order valence-corrected chi connectivity index (χ4v) is 0.720. The van der Waals surface area contributed by atoms with Gasteiger partial charge in [0.05, 0.1) is 0 Å². The first-order valence-corrected chi connectivity index (χ1v) is 2.47. The van der Waals surface area contributed by atoms with Crippen LogP contribution in [0.25, 0.3) is 0 Å². The minimum Gasteiger partial charge on any atom is -0.295 e. The van der Waals surface area contributed by atoms with Crippen molar-refractivity contribution >= 4 is 11.3 Å². The van der Waals surface area contributed by atoms with Gasteiger partial charge in [-0.25, -0.2) is 0 Å². The highest BCUT2D eigenvalue weighted by Crippen LogP contribution is 1.57. The predicted molar refractivity (Wildman–Crippen MR) is 24.3 cm³/mol. The van der Waals surface area contributed by atoms with Gasteiger partial charge in [-0.05, 0) is 0 Å². The quantitative estimate of drug-likeness (QED) is 0.388. The number of rotatable bonds is 0. The molecule has 0 bridgehead atoms. The lowest BCUT2D eigenvalue weighted by Gasteiger charge is -1.80. The van der Waals surface area contributed by atoms with E-state index in [2.05, 4.69) is 0 Å². The molecule has 0 unspecified atom stereocenters. The van der Waals surface area contributed by atoms with Crippen LogP contribution in [-0.2, 0) is 0 Å². The Hall–Kier alpha value is -0.770. The van der Waals surface area contributed by atoms with Crippen molar-refractivity contribution in [1.29, 1.82) is 16.2 Å². The lowest BCUT2D eigenvalue weighted by Crippen LogP contribution is -2.41. The van der Waals surface area contributed by atoms with Crippen LogP contribution >= 0.6 is 11.3 Å². The SMILES string of the molecule is N=c1sc(=N)c1=N. The van der Waals surface area contributed by atoms with E-state index >= 15 is 0 Å². The molecule has 1 heterocycles. The number of hydrogen-bond acceptors (Lipinski definition) is 4. The largest absolute Gasteiger partial charge is 0.295 e. The van der Waals surface area contributed by atoms with Gasteiger partial charge in [-0.3, -0.25) is 16.2 Å². The van der Waals surface area contributed by atoms with E-state index in [4.69, 9.17) is 16.2 Å². The fourth-order valence-electron chi connectivity index (χ4n) is 0.261. The highest BCUT2D eigenvalue weighted by molar-refractivity contribution is 7.07. The number of hydrogen-bond donors (Lipinski definition) is 3. The highest BCUT2D eigenvalue weighted by atomic mass is 32.1. The average Bonchev–Trinajstić information content (AvgIpc) is 1.68. The normalized spacial score (nSPS) is 9.71. The van der Waals surface area contributed by atoms with Crippen LogP contribution < -0.4 is 14.7 Å². The van der Waals surface area contributed by atoms with E-state index in [0.717, 1.165) is 11.3 Å². The highest BCUT2D eigenvalue weighted by Gasteiger charge is 1.90. The average molecular weight is 113 g/mol. The van der Waals surface area contributed by atoms with Crippen LogP contribution in [-0.4, -0.2) is 0 Å². The Morgan fingerprint density at radius 3 is 1.43 bits per heavy atom. The molecule has 0 atom stereocenters. The monoisotopic (exact) mass is 113 g/mol. The van der Waals surface area contributed by atoms with Crippen LogP contribution in [0.1, 0.15) is 0 Å². The number of nitrogens with one attached hydrogen (secondary N) is 3. The van der Waals surface area contributed by atoms with Gasteiger partial charge < -0.3 is 0 Å². The van der Waals surface area contributed by atoms with E-state index in [1.165, 1.54) is 0 Å². The molecule has 0 aliphatic carbocycles. The van der Waals surface area contributed by atoms with Gasteiger partial charge in [-0.2, -0.15) is 0 Å². The summed E-state index contributed by atoms with van der Waals surface area (Å²) in [7, 11) is 0. The van der Waals surface area contributed by atoms with E-state index < -0.39 is 0 Å². The zero-order chi connectivity index (χ0) is 5.44. The molecule has 0 aliphatic heterocycles. The standard InChI is InChI=1S/C3H3N3S/c4-1-2(5)7-3(1)6/h4-6H. The van der Waals surface area contributed by atoms with Crippen LogP contribution in [0.15, 0.2) is 0 Å². The first-order chi connectivity index (χ1) is 3.22. The molecule has 0 spiro atoms. The van der Waals surface area contributed by atoms with Gasteiger partial charge >= 0.3 is 0 Å². The van der Waals surface area contributed by atoms with E-state index in [-0.39, 0.29) is 14.7 Å². The molecule has 1 rings (SSSR count). The van der Waals surface area contributed by atoms with Gasteiger partial charge in [0.15, 0.2) is 0 Å². The van der Waals surface area contributed by atoms with Crippen molar-refractivity contribution < 1.29 is 0 Å². The van der Waals surface area contributed by atoms with Crippen molar-refractivity contribution in [2.75, 3.05) is 0 Å². The third-order valence-corrected chi connectivity index (χ3v) is 1.47. The summed E-state index contributed by atoms with van der Waals surface area (Å²) in [6.07, 6.45) is 0. The van der Waals surface area contributed by atoms with Crippen LogP contribution in [0.5, 0.6) is 0 Å². The predicted octanol–water partition coefficient (Wildman–Crippen LogP) is -0.938. The lowest BCUT2D eigenvalue weighted by atomic mass is 10.7. The molecule has 1 aromatic rings. The summed E-state index contributed by atoms with van der Waals surface area (Å²) in [6.45, 7) is 0. The third-order valence-electron chi connectivity index (χ3n) is 0.658. The van der Waals surface area contributed by atoms with Crippen LogP contribution in [0, 0.1) is 16.2 Å². The fraction of sp³-hybridized carbons (Fsp3) is 0. The maximum atomic E-state index is 6.77. The Kier molecular flexibility index (Phi) is 0.689. The minimum atomic E-state index is 0.0741. The van der Waals surface area contributed by atoms with E-state index in [0.29, 0.717) is 0 Å². The van der Waals surface area contributed by atoms with Gasteiger partial charge in [0, 0.05) is 0 Å². The van der Waals surface area contributed by atoms with Crippen molar-refractivity contribution in [3.63, 3.8) is 0 Å². The summed E-state index contributed by atoms with van der Waals surface area (Å²) in [5.41, 5.74) is 0. The van der Waals surface area contributed by atoms with Crippen LogP contribution in [0.4, 0.5) is 0 Å². The Morgan fingerprint density at radius 1 is 1.00 bits per heavy atom. The second-order valence-electron chi connectivity index (χ2n) is 1.14. The second kappa shape index (κ2) is 1.10. The third kappa shape index (κ3) is 0.433. The Morgan fingerprint density at radius 2 is 1.43 bits per heavy atom. The zero-order valence-corrected chi connectivity index (χ0v) is 4.22. The molecule has 0 saturated heterocycles. The van der Waals surface area contributed by atoms with E-state index in [1.807, 2.05) is 0 Å². The van der Waals surface area contributed by atoms with Crippen molar-refractivity contribution in [3.8, 4) is 0 Å². The van der Waals surface area contributed by atoms with Crippen LogP contribution in [0.2, 0.25) is 0 Å². The van der Waals surface area contributed by atoms with Gasteiger partial charge in [0.25, 0.3) is 0 Å². The van der Waals surface area contributed by atoms with Crippen molar-refractivity contribution in [1.82, 2.24) is 0 Å². The van der Waals surface area contributed by atoms with Crippen molar-refractivity contribution in [2.45, 2.75) is 0 Å². The molecule has 0 saturated carbocycles. The molecule has 3 nitrogen and oxygen atoms in total. The Bertz CT molecular complexity index is 261. The summed E-state index contributed by atoms with van der Waals surface area (Å²) < 4.78 is 0.426. The van der Waals surface area contributed by atoms with E-state index in [9.17, 15) is 0 Å². The Balaban J connectivity index is 3.77. The molecule has 7 heavy (non-hydrogen) atoms. The molecule has 0 aromatic carbocycles. The maximum absolute atomic E-state index is 6.77. The summed E-state index contributed by atoms with van der Waals surface area (Å²) >= 11 is 1.03. The van der Waals surface area contributed by atoms with Crippen LogP contribution in [0.3, 0.4) is 0 Å². The molecule has 1 aromatic heterocycles. The molecule has 0 amide bonds. The smallest absolute Gasteiger partial charge is 0.137 e. The summed E-state index contributed by atoms with van der Waals surface area (Å²) in [4.78, 5) is 0. The molecule has 0 aliphatic rings. The first-order valence-electron chi connectivity index (χ1n) is 1.66. The molecule has 0 fully saturated rings. The van der Waals surface area contributed by atoms with Gasteiger partial charge in [0.1, 0.15) is 14.7 Å². The molecular weight excluding hydrogens is 110 g/mol. The Labute approximate surface area is 43.1 Å².